The van der Waals surface area contributed by atoms with E-state index in [1.807, 2.05) is 24.6 Å². The highest BCUT2D eigenvalue weighted by Gasteiger charge is 2.17. The summed E-state index contributed by atoms with van der Waals surface area (Å²) >= 11 is 3.14. The van der Waals surface area contributed by atoms with Crippen LogP contribution in [-0.2, 0) is 19.4 Å². The second-order valence-corrected chi connectivity index (χ2v) is 5.51. The Morgan fingerprint density at radius 3 is 2.80 bits per heavy atom. The number of halogens is 2. The number of hydrogen-bond donors (Lipinski definition) is 1. The van der Waals surface area contributed by atoms with Gasteiger partial charge in [0.2, 0.25) is 0 Å². The average molecular weight is 341 g/mol. The summed E-state index contributed by atoms with van der Waals surface area (Å²) in [6.45, 7) is 4.78. The van der Waals surface area contributed by atoms with Crippen LogP contribution >= 0.6 is 15.9 Å². The Bertz CT molecular complexity index is 598. The minimum absolute atomic E-state index is 0.307. The van der Waals surface area contributed by atoms with Gasteiger partial charge in [0.05, 0.1) is 16.3 Å². The summed E-state index contributed by atoms with van der Waals surface area (Å²) in [5, 5.41) is 14.7. The largest absolute Gasteiger partial charge is 0.388 e. The fourth-order valence-electron chi connectivity index (χ4n) is 2.21. The van der Waals surface area contributed by atoms with Crippen LogP contribution in [0.1, 0.15) is 36.9 Å². The van der Waals surface area contributed by atoms with Gasteiger partial charge in [0.1, 0.15) is 5.82 Å². The molecule has 0 aliphatic rings. The predicted molar refractivity (Wildman–Crippen MR) is 80.0 cm³/mol. The first-order chi connectivity index (χ1) is 9.56. The molecule has 0 fully saturated rings. The molecule has 0 radical (unpaired) electrons. The molecule has 1 atom stereocenters. The van der Waals surface area contributed by atoms with Gasteiger partial charge in [-0.2, -0.15) is 5.10 Å². The number of rotatable bonds is 5. The van der Waals surface area contributed by atoms with Crippen molar-refractivity contribution in [2.24, 2.45) is 0 Å². The van der Waals surface area contributed by atoms with E-state index in [-0.39, 0.29) is 0 Å². The molecule has 2 aromatic rings. The number of aliphatic hydroxyl groups is 1. The molecule has 0 spiro atoms. The van der Waals surface area contributed by atoms with Gasteiger partial charge in [0.25, 0.3) is 0 Å². The minimum atomic E-state index is -0.876. The zero-order valence-corrected chi connectivity index (χ0v) is 13.2. The van der Waals surface area contributed by atoms with Gasteiger partial charge in [-0.1, -0.05) is 19.1 Å². The van der Waals surface area contributed by atoms with Crippen molar-refractivity contribution in [3.05, 3.63) is 51.5 Å². The lowest BCUT2D eigenvalue weighted by molar-refractivity contribution is 0.170. The highest BCUT2D eigenvalue weighted by atomic mass is 79.9. The molecule has 0 aliphatic carbocycles. The predicted octanol–water partition coefficient (Wildman–Crippen LogP) is 3.64. The highest BCUT2D eigenvalue weighted by Crippen LogP contribution is 2.26. The zero-order chi connectivity index (χ0) is 14.7. The Hall–Kier alpha value is -1.20. The maximum Gasteiger partial charge on any atom is 0.143 e. The van der Waals surface area contributed by atoms with Crippen molar-refractivity contribution in [2.75, 3.05) is 0 Å². The summed E-state index contributed by atoms with van der Waals surface area (Å²) in [6.07, 6.45) is 0.328. The smallest absolute Gasteiger partial charge is 0.143 e. The Morgan fingerprint density at radius 2 is 2.15 bits per heavy atom. The van der Waals surface area contributed by atoms with Crippen LogP contribution in [0.5, 0.6) is 0 Å². The van der Waals surface area contributed by atoms with Crippen LogP contribution in [0.3, 0.4) is 0 Å². The standard InChI is InChI=1S/C15H18BrFN2O/c1-3-10-8-11(19(4-2)18-10)9-14(20)12-6-5-7-13(16)15(12)17/h5-8,14,20H,3-4,9H2,1-2H3. The Morgan fingerprint density at radius 1 is 1.40 bits per heavy atom. The molecule has 5 heteroatoms. The molecule has 3 nitrogen and oxygen atoms in total. The van der Waals surface area contributed by atoms with E-state index < -0.39 is 11.9 Å². The fraction of sp³-hybridized carbons (Fsp3) is 0.400. The van der Waals surface area contributed by atoms with Crippen molar-refractivity contribution in [1.29, 1.82) is 0 Å². The first-order valence-electron chi connectivity index (χ1n) is 6.74. The van der Waals surface area contributed by atoms with Gasteiger partial charge in [-0.15, -0.1) is 0 Å². The molecule has 1 unspecified atom stereocenters. The number of hydrogen-bond acceptors (Lipinski definition) is 2. The summed E-state index contributed by atoms with van der Waals surface area (Å²) in [6, 6.07) is 6.93. The maximum absolute atomic E-state index is 14.0. The van der Waals surface area contributed by atoms with Crippen molar-refractivity contribution in [1.82, 2.24) is 9.78 Å². The van der Waals surface area contributed by atoms with Gasteiger partial charge in [-0.05, 0) is 41.4 Å². The third kappa shape index (κ3) is 3.10. The van der Waals surface area contributed by atoms with E-state index >= 15 is 0 Å². The van der Waals surface area contributed by atoms with E-state index in [0.29, 0.717) is 16.5 Å². The first-order valence-corrected chi connectivity index (χ1v) is 7.53. The van der Waals surface area contributed by atoms with Crippen molar-refractivity contribution in [2.45, 2.75) is 39.3 Å². The van der Waals surface area contributed by atoms with Crippen LogP contribution in [0.25, 0.3) is 0 Å². The summed E-state index contributed by atoms with van der Waals surface area (Å²) in [7, 11) is 0. The van der Waals surface area contributed by atoms with Crippen molar-refractivity contribution >= 4 is 15.9 Å². The molecule has 20 heavy (non-hydrogen) atoms. The summed E-state index contributed by atoms with van der Waals surface area (Å²) < 4.78 is 16.2. The van der Waals surface area contributed by atoms with E-state index in [0.717, 1.165) is 24.4 Å². The van der Waals surface area contributed by atoms with E-state index in [9.17, 15) is 9.50 Å². The van der Waals surface area contributed by atoms with Crippen molar-refractivity contribution in [3.8, 4) is 0 Å². The van der Waals surface area contributed by atoms with Crippen LogP contribution in [0.4, 0.5) is 4.39 Å². The lowest BCUT2D eigenvalue weighted by atomic mass is 10.0. The zero-order valence-electron chi connectivity index (χ0n) is 11.6. The minimum Gasteiger partial charge on any atom is -0.388 e. The average Bonchev–Trinajstić information content (AvgIpc) is 2.84. The Kier molecular flexibility index (Phi) is 4.94. The molecule has 0 saturated heterocycles. The number of benzene rings is 1. The maximum atomic E-state index is 14.0. The van der Waals surface area contributed by atoms with Gasteiger partial charge in [-0.25, -0.2) is 4.39 Å². The SMILES string of the molecule is CCc1cc(CC(O)c2cccc(Br)c2F)n(CC)n1. The van der Waals surface area contributed by atoms with Gasteiger partial charge in [-0.3, -0.25) is 4.68 Å². The molecule has 1 aromatic heterocycles. The highest BCUT2D eigenvalue weighted by molar-refractivity contribution is 9.10. The fourth-order valence-corrected chi connectivity index (χ4v) is 2.59. The molecule has 2 rings (SSSR count). The lowest BCUT2D eigenvalue weighted by Gasteiger charge is -2.13. The van der Waals surface area contributed by atoms with Crippen molar-refractivity contribution in [3.63, 3.8) is 0 Å². The molecule has 1 aromatic carbocycles. The molecular weight excluding hydrogens is 323 g/mol. The second kappa shape index (κ2) is 6.50. The van der Waals surface area contributed by atoms with Gasteiger partial charge in [0, 0.05) is 24.2 Å². The quantitative estimate of drug-likeness (QED) is 0.902. The van der Waals surface area contributed by atoms with E-state index in [1.165, 1.54) is 0 Å². The lowest BCUT2D eigenvalue weighted by Crippen LogP contribution is -2.10. The second-order valence-electron chi connectivity index (χ2n) is 4.66. The summed E-state index contributed by atoms with van der Waals surface area (Å²) in [4.78, 5) is 0. The Labute approximate surface area is 126 Å². The van der Waals surface area contributed by atoms with Crippen LogP contribution in [-0.4, -0.2) is 14.9 Å². The van der Waals surface area contributed by atoms with Gasteiger partial charge in [0.15, 0.2) is 0 Å². The molecule has 108 valence electrons. The molecule has 0 aliphatic heterocycles. The van der Waals surface area contributed by atoms with Gasteiger partial charge >= 0.3 is 0 Å². The molecule has 1 heterocycles. The molecular formula is C15H18BrFN2O. The van der Waals surface area contributed by atoms with Crippen molar-refractivity contribution < 1.29 is 9.50 Å². The topological polar surface area (TPSA) is 38.0 Å². The van der Waals surface area contributed by atoms with Crippen LogP contribution in [0.2, 0.25) is 0 Å². The molecule has 1 N–H and O–H groups in total. The van der Waals surface area contributed by atoms with Crippen LogP contribution in [0.15, 0.2) is 28.7 Å². The number of aliphatic hydroxyl groups excluding tert-OH is 1. The first kappa shape index (κ1) is 15.2. The normalized spacial score (nSPS) is 12.7. The van der Waals surface area contributed by atoms with E-state index in [1.54, 1.807) is 18.2 Å². The molecule has 0 amide bonds. The number of aryl methyl sites for hydroxylation is 2. The summed E-state index contributed by atoms with van der Waals surface area (Å²) in [5.74, 6) is -0.404. The number of aromatic nitrogens is 2. The van der Waals surface area contributed by atoms with Crippen LogP contribution in [0, 0.1) is 5.82 Å². The summed E-state index contributed by atoms with van der Waals surface area (Å²) in [5.41, 5.74) is 2.22. The Balaban J connectivity index is 2.25. The monoisotopic (exact) mass is 340 g/mol. The number of nitrogens with zero attached hydrogens (tertiary/aromatic N) is 2. The van der Waals surface area contributed by atoms with Crippen LogP contribution < -0.4 is 0 Å². The molecule has 0 saturated carbocycles. The van der Waals surface area contributed by atoms with E-state index in [4.69, 9.17) is 0 Å². The van der Waals surface area contributed by atoms with Gasteiger partial charge < -0.3 is 5.11 Å². The molecule has 0 bridgehead atoms. The third-order valence-electron chi connectivity index (χ3n) is 3.32. The third-order valence-corrected chi connectivity index (χ3v) is 3.93. The van der Waals surface area contributed by atoms with E-state index in [2.05, 4.69) is 21.0 Å².